The van der Waals surface area contributed by atoms with Crippen molar-refractivity contribution >= 4 is 11.9 Å². The van der Waals surface area contributed by atoms with Crippen molar-refractivity contribution in [2.45, 2.75) is 25.9 Å². The summed E-state index contributed by atoms with van der Waals surface area (Å²) in [5, 5.41) is 9.34. The van der Waals surface area contributed by atoms with Crippen molar-refractivity contribution in [1.29, 1.82) is 0 Å². The van der Waals surface area contributed by atoms with Crippen LogP contribution < -0.4 is 10.5 Å². The molecule has 6 heteroatoms. The van der Waals surface area contributed by atoms with Crippen LogP contribution in [0, 0.1) is 0 Å². The van der Waals surface area contributed by atoms with E-state index in [1.54, 1.807) is 0 Å². The number of β-amino-alcohol motifs (C(OH)–C–C–N with tert-alkyl or cyclic N) is 1. The Balaban J connectivity index is 2.37. The molecule has 0 aromatic carbocycles. The lowest BCUT2D eigenvalue weighted by Gasteiger charge is -2.14. The van der Waals surface area contributed by atoms with Gasteiger partial charge >= 0.3 is 0 Å². The highest BCUT2D eigenvalue weighted by atomic mass is 16.3. The van der Waals surface area contributed by atoms with E-state index in [9.17, 15) is 14.7 Å². The smallest absolute Gasteiger partial charge is 0.252 e. The van der Waals surface area contributed by atoms with Crippen LogP contribution in [0.4, 0.5) is 5.95 Å². The second kappa shape index (κ2) is 4.05. The number of aromatic nitrogens is 2. The van der Waals surface area contributed by atoms with E-state index in [2.05, 4.69) is 9.97 Å². The van der Waals surface area contributed by atoms with Gasteiger partial charge in [-0.1, -0.05) is 6.92 Å². The molecule has 1 unspecified atom stereocenters. The lowest BCUT2D eigenvalue weighted by molar-refractivity contribution is -0.117. The van der Waals surface area contributed by atoms with E-state index < -0.39 is 6.10 Å². The molecule has 1 aliphatic rings. The molecule has 1 aromatic rings. The van der Waals surface area contributed by atoms with Crippen LogP contribution in [-0.2, 0) is 11.2 Å². The second-order valence-electron chi connectivity index (χ2n) is 3.78. The minimum atomic E-state index is -0.678. The fraction of sp³-hybridized carbons (Fsp3) is 0.500. The summed E-state index contributed by atoms with van der Waals surface area (Å²) in [6, 6.07) is 1.40. The molecule has 1 aliphatic heterocycles. The predicted molar refractivity (Wildman–Crippen MR) is 57.2 cm³/mol. The van der Waals surface area contributed by atoms with Gasteiger partial charge in [0.25, 0.3) is 5.56 Å². The number of nitrogens with one attached hydrogen (secondary N) is 1. The molecule has 1 fully saturated rings. The third kappa shape index (κ3) is 1.96. The van der Waals surface area contributed by atoms with Crippen LogP contribution in [0.25, 0.3) is 0 Å². The normalized spacial score (nSPS) is 20.5. The highest BCUT2D eigenvalue weighted by Gasteiger charge is 2.30. The number of carbonyl (C=O) groups excluding carboxylic acids is 1. The number of aryl methyl sites for hydroxylation is 1. The Hall–Kier alpha value is -1.69. The summed E-state index contributed by atoms with van der Waals surface area (Å²) in [6.45, 7) is 2.07. The molecular weight excluding hydrogens is 210 g/mol. The van der Waals surface area contributed by atoms with Crippen LogP contribution in [0.1, 0.15) is 19.0 Å². The van der Waals surface area contributed by atoms with Crippen molar-refractivity contribution in [2.75, 3.05) is 11.4 Å². The van der Waals surface area contributed by atoms with Gasteiger partial charge in [0.2, 0.25) is 11.9 Å². The van der Waals surface area contributed by atoms with E-state index >= 15 is 0 Å². The summed E-state index contributed by atoms with van der Waals surface area (Å²) in [6.07, 6.45) is 0.0322. The van der Waals surface area contributed by atoms with Gasteiger partial charge in [-0.2, -0.15) is 0 Å². The van der Waals surface area contributed by atoms with Crippen LogP contribution in [0.5, 0.6) is 0 Å². The minimum Gasteiger partial charge on any atom is -0.391 e. The third-order valence-corrected chi connectivity index (χ3v) is 2.50. The van der Waals surface area contributed by atoms with E-state index in [0.717, 1.165) is 0 Å². The summed E-state index contributed by atoms with van der Waals surface area (Å²) in [7, 11) is 0. The molecular formula is C10H13N3O3. The van der Waals surface area contributed by atoms with Crippen molar-refractivity contribution in [2.24, 2.45) is 0 Å². The van der Waals surface area contributed by atoms with Gasteiger partial charge in [0.1, 0.15) is 0 Å². The quantitative estimate of drug-likeness (QED) is 0.703. The van der Waals surface area contributed by atoms with Gasteiger partial charge in [-0.05, 0) is 6.42 Å². The minimum absolute atomic E-state index is 0.0834. The maximum atomic E-state index is 11.5. The van der Waals surface area contributed by atoms with Crippen LogP contribution in [0.3, 0.4) is 0 Å². The van der Waals surface area contributed by atoms with Gasteiger partial charge in [0, 0.05) is 11.8 Å². The van der Waals surface area contributed by atoms with Gasteiger partial charge in [-0.15, -0.1) is 0 Å². The number of carbonyl (C=O) groups is 1. The second-order valence-corrected chi connectivity index (χ2v) is 3.78. The monoisotopic (exact) mass is 223 g/mol. The zero-order chi connectivity index (χ0) is 11.7. The van der Waals surface area contributed by atoms with Gasteiger partial charge in [-0.25, -0.2) is 4.98 Å². The van der Waals surface area contributed by atoms with Crippen molar-refractivity contribution in [3.8, 4) is 0 Å². The summed E-state index contributed by atoms with van der Waals surface area (Å²) in [5.74, 6) is 0.00908. The van der Waals surface area contributed by atoms with Gasteiger partial charge in [0.15, 0.2) is 0 Å². The van der Waals surface area contributed by atoms with Crippen LogP contribution in [-0.4, -0.2) is 33.6 Å². The fourth-order valence-corrected chi connectivity index (χ4v) is 1.70. The van der Waals surface area contributed by atoms with Crippen molar-refractivity contribution in [1.82, 2.24) is 9.97 Å². The number of aromatic amines is 1. The molecule has 2 heterocycles. The maximum absolute atomic E-state index is 11.5. The molecule has 0 saturated carbocycles. The van der Waals surface area contributed by atoms with Crippen molar-refractivity contribution in [3.63, 3.8) is 0 Å². The predicted octanol–water partition coefficient (Wildman–Crippen LogP) is -0.570. The van der Waals surface area contributed by atoms with E-state index in [0.29, 0.717) is 12.1 Å². The van der Waals surface area contributed by atoms with Crippen LogP contribution in [0.15, 0.2) is 10.9 Å². The average molecular weight is 223 g/mol. The Labute approximate surface area is 91.9 Å². The van der Waals surface area contributed by atoms with E-state index in [1.807, 2.05) is 6.92 Å². The van der Waals surface area contributed by atoms with Crippen molar-refractivity contribution in [3.05, 3.63) is 22.1 Å². The Kier molecular flexibility index (Phi) is 2.74. The summed E-state index contributed by atoms with van der Waals surface area (Å²) in [4.78, 5) is 30.8. The van der Waals surface area contributed by atoms with E-state index in [-0.39, 0.29) is 30.4 Å². The summed E-state index contributed by atoms with van der Waals surface area (Å²) in [5.41, 5.74) is 0.351. The number of hydrogen-bond donors (Lipinski definition) is 2. The standard InChI is InChI=1S/C10H13N3O3/c1-2-6-3-8(15)12-10(11-6)13-5-7(14)4-9(13)16/h3,7,14H,2,4-5H2,1H3,(H,11,12,15). The Morgan fingerprint density at radius 2 is 2.38 bits per heavy atom. The molecule has 86 valence electrons. The molecule has 1 amide bonds. The SMILES string of the molecule is CCc1cc(=O)[nH]c(N2CC(O)CC2=O)n1. The zero-order valence-electron chi connectivity index (χ0n) is 8.93. The van der Waals surface area contributed by atoms with Crippen LogP contribution >= 0.6 is 0 Å². The number of aliphatic hydroxyl groups excluding tert-OH is 1. The fourth-order valence-electron chi connectivity index (χ4n) is 1.70. The zero-order valence-corrected chi connectivity index (χ0v) is 8.93. The first-order valence-corrected chi connectivity index (χ1v) is 5.19. The Morgan fingerprint density at radius 1 is 1.62 bits per heavy atom. The lowest BCUT2D eigenvalue weighted by atomic mass is 10.3. The van der Waals surface area contributed by atoms with Crippen LogP contribution in [0.2, 0.25) is 0 Å². The third-order valence-electron chi connectivity index (χ3n) is 2.50. The maximum Gasteiger partial charge on any atom is 0.252 e. The highest BCUT2D eigenvalue weighted by Crippen LogP contribution is 2.16. The molecule has 0 aliphatic carbocycles. The first-order chi connectivity index (χ1) is 7.60. The number of H-pyrrole nitrogens is 1. The van der Waals surface area contributed by atoms with E-state index in [1.165, 1.54) is 11.0 Å². The highest BCUT2D eigenvalue weighted by molar-refractivity contribution is 5.94. The molecule has 16 heavy (non-hydrogen) atoms. The van der Waals surface area contributed by atoms with Gasteiger partial charge < -0.3 is 5.11 Å². The molecule has 2 N–H and O–H groups in total. The first kappa shape index (κ1) is 10.8. The lowest BCUT2D eigenvalue weighted by Crippen LogP contribution is -2.29. The Bertz CT molecular complexity index is 469. The number of anilines is 1. The summed E-state index contributed by atoms with van der Waals surface area (Å²) >= 11 is 0. The number of rotatable bonds is 2. The number of aliphatic hydroxyl groups is 1. The average Bonchev–Trinajstić information content (AvgIpc) is 2.57. The van der Waals surface area contributed by atoms with Crippen molar-refractivity contribution < 1.29 is 9.90 Å². The molecule has 2 rings (SSSR count). The molecule has 1 aromatic heterocycles. The number of amides is 1. The Morgan fingerprint density at radius 3 is 2.94 bits per heavy atom. The number of nitrogens with zero attached hydrogens (tertiary/aromatic N) is 2. The first-order valence-electron chi connectivity index (χ1n) is 5.19. The van der Waals surface area contributed by atoms with Gasteiger partial charge in [-0.3, -0.25) is 19.5 Å². The molecule has 0 radical (unpaired) electrons. The largest absolute Gasteiger partial charge is 0.391 e. The number of hydrogen-bond acceptors (Lipinski definition) is 4. The molecule has 6 nitrogen and oxygen atoms in total. The van der Waals surface area contributed by atoms with E-state index in [4.69, 9.17) is 0 Å². The molecule has 0 spiro atoms. The molecule has 1 saturated heterocycles. The molecule has 1 atom stereocenters. The topological polar surface area (TPSA) is 86.3 Å². The molecule has 0 bridgehead atoms. The summed E-state index contributed by atoms with van der Waals surface area (Å²) < 4.78 is 0. The van der Waals surface area contributed by atoms with Gasteiger partial charge in [0.05, 0.1) is 19.1 Å².